The van der Waals surface area contributed by atoms with Gasteiger partial charge in [0.2, 0.25) is 0 Å². The Labute approximate surface area is 354 Å². The van der Waals surface area contributed by atoms with Gasteiger partial charge in [-0.3, -0.25) is 0 Å². The van der Waals surface area contributed by atoms with Crippen molar-refractivity contribution < 1.29 is 20.1 Å². The first-order chi connectivity index (χ1) is 26.8. The molecule has 4 aromatic carbocycles. The second kappa shape index (κ2) is 20.9. The second-order valence-corrected chi connectivity index (χ2v) is 17.6. The Bertz CT molecular complexity index is 1950. The molecule has 1 aliphatic carbocycles. The smallest absolute Gasteiger partial charge is 0.0239 e. The third-order valence-corrected chi connectivity index (χ3v) is 12.4. The van der Waals surface area contributed by atoms with Crippen LogP contribution >= 0.6 is 0 Å². The van der Waals surface area contributed by atoms with Crippen LogP contribution in [0.5, 0.6) is 0 Å². The molecule has 0 N–H and O–H groups in total. The first-order valence-corrected chi connectivity index (χ1v) is 22.1. The molecule has 1 heterocycles. The molecule has 2 heteroatoms. The molecule has 5 aromatic rings. The van der Waals surface area contributed by atoms with Gasteiger partial charge in [0.1, 0.15) is 0 Å². The van der Waals surface area contributed by atoms with Crippen molar-refractivity contribution in [2.24, 2.45) is 0 Å². The number of pyridine rings is 1. The van der Waals surface area contributed by atoms with E-state index in [0.29, 0.717) is 0 Å². The van der Waals surface area contributed by atoms with E-state index in [9.17, 15) is 0 Å². The summed E-state index contributed by atoms with van der Waals surface area (Å²) in [6.45, 7) is 13.8. The number of nitrogens with zero attached hydrogens (tertiary/aromatic N) is 1. The van der Waals surface area contributed by atoms with Crippen LogP contribution in [0, 0.1) is 6.07 Å². The van der Waals surface area contributed by atoms with Gasteiger partial charge in [-0.1, -0.05) is 209 Å². The van der Waals surface area contributed by atoms with E-state index in [4.69, 9.17) is 4.98 Å². The van der Waals surface area contributed by atoms with Crippen molar-refractivity contribution in [3.8, 4) is 44.6 Å². The third kappa shape index (κ3) is 10.6. The topological polar surface area (TPSA) is 12.9 Å². The summed E-state index contributed by atoms with van der Waals surface area (Å²) >= 11 is 0. The zero-order valence-electron chi connectivity index (χ0n) is 35.5. The van der Waals surface area contributed by atoms with E-state index in [-0.39, 0.29) is 30.9 Å². The first kappa shape index (κ1) is 43.8. The molecule has 0 saturated heterocycles. The van der Waals surface area contributed by atoms with Crippen LogP contribution in [0.15, 0.2) is 97.2 Å². The number of hydrogen-bond acceptors (Lipinski definition) is 1. The van der Waals surface area contributed by atoms with Crippen molar-refractivity contribution in [3.63, 3.8) is 0 Å². The molecule has 0 bridgehead atoms. The maximum Gasteiger partial charge on any atom is 0.0239 e. The minimum absolute atomic E-state index is 0. The Morgan fingerprint density at radius 3 is 1.77 bits per heavy atom. The first-order valence-electron chi connectivity index (χ1n) is 22.1. The van der Waals surface area contributed by atoms with Crippen LogP contribution in [0.4, 0.5) is 0 Å². The fourth-order valence-corrected chi connectivity index (χ4v) is 9.01. The molecule has 1 radical (unpaired) electrons. The fourth-order valence-electron chi connectivity index (χ4n) is 9.01. The fraction of sp³-hybridized carbons (Fsp3) is 0.463. The van der Waals surface area contributed by atoms with Gasteiger partial charge >= 0.3 is 0 Å². The molecule has 56 heavy (non-hydrogen) atoms. The van der Waals surface area contributed by atoms with Crippen molar-refractivity contribution in [2.45, 2.75) is 162 Å². The Hall–Kier alpha value is -3.32. The van der Waals surface area contributed by atoms with Gasteiger partial charge in [0, 0.05) is 31.7 Å². The quantitative estimate of drug-likeness (QED) is 0.0560. The molecule has 6 rings (SSSR count). The Morgan fingerprint density at radius 1 is 0.554 bits per heavy atom. The van der Waals surface area contributed by atoms with Crippen LogP contribution in [-0.2, 0) is 37.4 Å². The van der Waals surface area contributed by atoms with Crippen LogP contribution in [0.2, 0.25) is 0 Å². The summed E-state index contributed by atoms with van der Waals surface area (Å²) in [5, 5.41) is 0. The summed E-state index contributed by atoms with van der Waals surface area (Å²) in [6, 6.07) is 38.4. The zero-order valence-corrected chi connectivity index (χ0v) is 37.9. The second-order valence-electron chi connectivity index (χ2n) is 17.6. The molecular formula is C54H68IrN-. The standard InChI is InChI=1S/C54H68N.Ir/c1-7-10-13-15-17-19-34-54(35-20-18-16-14-11-8-2)50-36-41(23-12-9-3)28-31-48(50)49-32-29-45(39-51(49)54)52-33-30-46(40-55-52)43-25-21-24-42(37-43)44-26-22-27-47(38-44)53(4,5)6;/h21-22,24-28,30-33,36-40H,7-20,23,34-35H2,1-6H3;/q-1;. The summed E-state index contributed by atoms with van der Waals surface area (Å²) in [5.74, 6) is 0. The molecule has 299 valence electrons. The van der Waals surface area contributed by atoms with Gasteiger partial charge in [0.25, 0.3) is 0 Å². The molecule has 0 aliphatic heterocycles. The van der Waals surface area contributed by atoms with E-state index in [1.165, 1.54) is 154 Å². The molecule has 0 atom stereocenters. The molecular weight excluding hydrogens is 855 g/mol. The van der Waals surface area contributed by atoms with E-state index >= 15 is 0 Å². The normalized spacial score (nSPS) is 13.0. The number of fused-ring (bicyclic) bond motifs is 3. The molecule has 0 amide bonds. The van der Waals surface area contributed by atoms with Gasteiger partial charge in [-0.05, 0) is 81.8 Å². The predicted molar refractivity (Wildman–Crippen MR) is 239 cm³/mol. The zero-order chi connectivity index (χ0) is 38.7. The largest absolute Gasteiger partial charge is 0.304 e. The SMILES string of the molecule is CCCCCCCCC1(CCCCCCCC)c2cc(-c3ccc(-c4cccc(-c5cccc(C(C)(C)C)c5)c4)cn3)[c-]cc2-c2ccc(CCCC)cc21.[Ir]. The summed E-state index contributed by atoms with van der Waals surface area (Å²) < 4.78 is 0. The van der Waals surface area contributed by atoms with E-state index in [0.717, 1.165) is 16.8 Å². The Morgan fingerprint density at radius 2 is 1.14 bits per heavy atom. The van der Waals surface area contributed by atoms with Gasteiger partial charge in [0.15, 0.2) is 0 Å². The van der Waals surface area contributed by atoms with Crippen LogP contribution in [-0.4, -0.2) is 4.98 Å². The summed E-state index contributed by atoms with van der Waals surface area (Å²) in [4.78, 5) is 5.12. The summed E-state index contributed by atoms with van der Waals surface area (Å²) in [6.07, 6.45) is 24.2. The average Bonchev–Trinajstić information content (AvgIpc) is 3.47. The number of unbranched alkanes of at least 4 members (excludes halogenated alkanes) is 11. The molecule has 0 spiro atoms. The molecule has 0 unspecified atom stereocenters. The van der Waals surface area contributed by atoms with Crippen LogP contribution in [0.3, 0.4) is 0 Å². The Kier molecular flexibility index (Phi) is 16.4. The van der Waals surface area contributed by atoms with Crippen molar-refractivity contribution in [1.29, 1.82) is 0 Å². The molecule has 1 aliphatic rings. The number of hydrogen-bond donors (Lipinski definition) is 0. The minimum atomic E-state index is 0. The predicted octanol–water partition coefficient (Wildman–Crippen LogP) is 16.3. The number of rotatable bonds is 20. The number of benzene rings is 4. The van der Waals surface area contributed by atoms with Crippen LogP contribution in [0.1, 0.15) is 167 Å². The van der Waals surface area contributed by atoms with E-state index in [2.05, 4.69) is 145 Å². The van der Waals surface area contributed by atoms with Gasteiger partial charge in [0.05, 0.1) is 0 Å². The summed E-state index contributed by atoms with van der Waals surface area (Å²) in [7, 11) is 0. The molecule has 1 aromatic heterocycles. The maximum atomic E-state index is 5.12. The van der Waals surface area contributed by atoms with Gasteiger partial charge in [-0.2, -0.15) is 0 Å². The third-order valence-electron chi connectivity index (χ3n) is 12.4. The van der Waals surface area contributed by atoms with Crippen molar-refractivity contribution >= 4 is 0 Å². The minimum Gasteiger partial charge on any atom is -0.304 e. The van der Waals surface area contributed by atoms with Crippen molar-refractivity contribution in [1.82, 2.24) is 4.98 Å². The van der Waals surface area contributed by atoms with Gasteiger partial charge < -0.3 is 4.98 Å². The molecule has 0 fully saturated rings. The monoisotopic (exact) mass is 923 g/mol. The average molecular weight is 923 g/mol. The van der Waals surface area contributed by atoms with E-state index in [1.807, 2.05) is 0 Å². The van der Waals surface area contributed by atoms with Crippen LogP contribution in [0.25, 0.3) is 44.6 Å². The summed E-state index contributed by atoms with van der Waals surface area (Å²) in [5.41, 5.74) is 16.0. The number of aromatic nitrogens is 1. The van der Waals surface area contributed by atoms with E-state index in [1.54, 1.807) is 5.56 Å². The van der Waals surface area contributed by atoms with Gasteiger partial charge in [-0.25, -0.2) is 0 Å². The number of aryl methyl sites for hydroxylation is 1. The van der Waals surface area contributed by atoms with Crippen molar-refractivity contribution in [3.05, 3.63) is 126 Å². The Balaban J connectivity index is 0.00000600. The van der Waals surface area contributed by atoms with Crippen LogP contribution < -0.4 is 0 Å². The van der Waals surface area contributed by atoms with Gasteiger partial charge in [-0.15, -0.1) is 29.3 Å². The van der Waals surface area contributed by atoms with E-state index < -0.39 is 0 Å². The van der Waals surface area contributed by atoms with Crippen molar-refractivity contribution in [2.75, 3.05) is 0 Å². The molecule has 0 saturated carbocycles. The molecule has 1 nitrogen and oxygen atoms in total. The maximum absolute atomic E-state index is 5.12.